The number of likely N-dealkylation sites (N-methyl/N-ethyl adjacent to an activating group) is 1. The van der Waals surface area contributed by atoms with Crippen LogP contribution in [0.15, 0.2) is 48.5 Å². The molecule has 2 atom stereocenters. The lowest BCUT2D eigenvalue weighted by molar-refractivity contribution is -0.113. The van der Waals surface area contributed by atoms with Crippen molar-refractivity contribution in [3.05, 3.63) is 65.2 Å². The first-order valence-electron chi connectivity index (χ1n) is 11.0. The van der Waals surface area contributed by atoms with Crippen LogP contribution in [-0.2, 0) is 17.8 Å². The van der Waals surface area contributed by atoms with E-state index < -0.39 is 0 Å². The van der Waals surface area contributed by atoms with Crippen LogP contribution in [0.3, 0.4) is 0 Å². The molecule has 2 aliphatic rings. The lowest BCUT2D eigenvalue weighted by Crippen LogP contribution is -2.59. The second-order valence-corrected chi connectivity index (χ2v) is 9.00. The molecule has 2 aliphatic heterocycles. The smallest absolute Gasteiger partial charge is 0.157 e. The van der Waals surface area contributed by atoms with E-state index in [1.54, 1.807) is 0 Å². The van der Waals surface area contributed by atoms with Crippen LogP contribution in [0.5, 0.6) is 0 Å². The van der Waals surface area contributed by atoms with E-state index >= 15 is 0 Å². The average molecular weight is 407 g/mol. The molecule has 0 radical (unpaired) electrons. The Morgan fingerprint density at radius 2 is 1.73 bits per heavy atom. The van der Waals surface area contributed by atoms with Gasteiger partial charge >= 0.3 is 0 Å². The van der Waals surface area contributed by atoms with Crippen molar-refractivity contribution >= 4 is 12.0 Å². The average Bonchev–Trinajstić information content (AvgIpc) is 3.09. The largest absolute Gasteiger partial charge is 0.345 e. The zero-order valence-electron chi connectivity index (χ0n) is 18.5. The van der Waals surface area contributed by atoms with E-state index in [1.807, 2.05) is 0 Å². The van der Waals surface area contributed by atoms with Crippen molar-refractivity contribution in [2.24, 2.45) is 0 Å². The summed E-state index contributed by atoms with van der Waals surface area (Å²) in [6.07, 6.45) is 1.96. The Labute approximate surface area is 180 Å². The summed E-state index contributed by atoms with van der Waals surface area (Å²) in [6, 6.07) is 17.7. The van der Waals surface area contributed by atoms with Crippen molar-refractivity contribution in [2.45, 2.75) is 32.1 Å². The maximum Gasteiger partial charge on any atom is 0.157 e. The number of para-hydroxylation sites is 1. The highest BCUT2D eigenvalue weighted by Crippen LogP contribution is 2.34. The molecule has 30 heavy (non-hydrogen) atoms. The van der Waals surface area contributed by atoms with Gasteiger partial charge < -0.3 is 9.80 Å². The Balaban J connectivity index is 1.44. The molecule has 5 nitrogen and oxygen atoms in total. The SMILES string of the molecule is Cc1ccc(CN2CCN(C(C=O)N3c4ccccc4C[C@H]3CN(C)C)CC2)cc1. The number of rotatable bonds is 7. The van der Waals surface area contributed by atoms with Gasteiger partial charge in [0.15, 0.2) is 6.29 Å². The first-order chi connectivity index (χ1) is 14.5. The van der Waals surface area contributed by atoms with Gasteiger partial charge in [-0.3, -0.25) is 14.6 Å². The molecule has 2 heterocycles. The molecule has 1 unspecified atom stereocenters. The monoisotopic (exact) mass is 406 g/mol. The molecule has 160 valence electrons. The number of aldehydes is 1. The maximum atomic E-state index is 12.3. The van der Waals surface area contributed by atoms with Crippen LogP contribution >= 0.6 is 0 Å². The van der Waals surface area contributed by atoms with Crippen molar-refractivity contribution in [3.8, 4) is 0 Å². The quantitative estimate of drug-likeness (QED) is 0.660. The molecule has 2 aromatic rings. The lowest BCUT2D eigenvalue weighted by atomic mass is 10.1. The van der Waals surface area contributed by atoms with Gasteiger partial charge in [-0.25, -0.2) is 0 Å². The number of nitrogens with zero attached hydrogens (tertiary/aromatic N) is 4. The lowest BCUT2D eigenvalue weighted by Gasteiger charge is -2.43. The molecule has 5 heteroatoms. The van der Waals surface area contributed by atoms with Crippen molar-refractivity contribution in [1.82, 2.24) is 14.7 Å². The summed E-state index contributed by atoms with van der Waals surface area (Å²) in [5.74, 6) is 0. The number of fused-ring (bicyclic) bond motifs is 1. The predicted octanol–water partition coefficient (Wildman–Crippen LogP) is 2.63. The summed E-state index contributed by atoms with van der Waals surface area (Å²) >= 11 is 0. The van der Waals surface area contributed by atoms with Gasteiger partial charge in [0.05, 0.1) is 0 Å². The van der Waals surface area contributed by atoms with Crippen LogP contribution in [0.2, 0.25) is 0 Å². The van der Waals surface area contributed by atoms with Gasteiger partial charge in [0.25, 0.3) is 0 Å². The molecule has 1 saturated heterocycles. The molecule has 0 aromatic heterocycles. The normalized spacial score (nSPS) is 21.1. The van der Waals surface area contributed by atoms with E-state index in [2.05, 4.69) is 89.1 Å². The number of hydrogen-bond donors (Lipinski definition) is 0. The summed E-state index contributed by atoms with van der Waals surface area (Å²) in [6.45, 7) is 7.88. The van der Waals surface area contributed by atoms with Crippen molar-refractivity contribution in [2.75, 3.05) is 51.7 Å². The fraction of sp³-hybridized carbons (Fsp3) is 0.480. The van der Waals surface area contributed by atoms with Gasteiger partial charge in [0, 0.05) is 51.0 Å². The predicted molar refractivity (Wildman–Crippen MR) is 123 cm³/mol. The summed E-state index contributed by atoms with van der Waals surface area (Å²) in [5, 5.41) is 0. The van der Waals surface area contributed by atoms with E-state index in [0.29, 0.717) is 6.04 Å². The second kappa shape index (κ2) is 9.29. The Bertz CT molecular complexity index is 842. The van der Waals surface area contributed by atoms with Crippen LogP contribution in [0.4, 0.5) is 5.69 Å². The molecule has 0 aliphatic carbocycles. The number of benzene rings is 2. The second-order valence-electron chi connectivity index (χ2n) is 9.00. The molecule has 0 bridgehead atoms. The van der Waals surface area contributed by atoms with E-state index in [0.717, 1.165) is 52.0 Å². The van der Waals surface area contributed by atoms with E-state index in [-0.39, 0.29) is 6.17 Å². The third-order valence-electron chi connectivity index (χ3n) is 6.41. The van der Waals surface area contributed by atoms with Gasteiger partial charge in [0.2, 0.25) is 0 Å². The molecule has 0 N–H and O–H groups in total. The number of piperazine rings is 1. The molecule has 2 aromatic carbocycles. The molecular formula is C25H34N4O. The molecule has 4 rings (SSSR count). The topological polar surface area (TPSA) is 30.0 Å². The van der Waals surface area contributed by atoms with Gasteiger partial charge in [-0.1, -0.05) is 48.0 Å². The summed E-state index contributed by atoms with van der Waals surface area (Å²) in [4.78, 5) is 21.8. The number of hydrogen-bond acceptors (Lipinski definition) is 5. The molecule has 1 fully saturated rings. The van der Waals surface area contributed by atoms with Gasteiger partial charge in [0.1, 0.15) is 6.17 Å². The minimum Gasteiger partial charge on any atom is -0.345 e. The van der Waals surface area contributed by atoms with Crippen molar-refractivity contribution in [1.29, 1.82) is 0 Å². The van der Waals surface area contributed by atoms with Crippen LogP contribution in [0.1, 0.15) is 16.7 Å². The Kier molecular flexibility index (Phi) is 6.52. The number of carbonyl (C=O) groups excluding carboxylic acids is 1. The summed E-state index contributed by atoms with van der Waals surface area (Å²) in [5.41, 5.74) is 5.24. The highest BCUT2D eigenvalue weighted by atomic mass is 16.1. The number of aryl methyl sites for hydroxylation is 1. The zero-order valence-corrected chi connectivity index (χ0v) is 18.5. The first kappa shape index (κ1) is 21.0. The Morgan fingerprint density at radius 1 is 1.03 bits per heavy atom. The molecule has 0 saturated carbocycles. The summed E-state index contributed by atoms with van der Waals surface area (Å²) < 4.78 is 0. The first-order valence-corrected chi connectivity index (χ1v) is 11.0. The molecule has 0 amide bonds. The van der Waals surface area contributed by atoms with Gasteiger partial charge in [-0.15, -0.1) is 0 Å². The van der Waals surface area contributed by atoms with E-state index in [1.165, 1.54) is 22.4 Å². The van der Waals surface area contributed by atoms with Gasteiger partial charge in [-0.05, 0) is 44.6 Å². The highest BCUT2D eigenvalue weighted by Gasteiger charge is 2.37. The van der Waals surface area contributed by atoms with Crippen molar-refractivity contribution < 1.29 is 4.79 Å². The third kappa shape index (κ3) is 4.59. The van der Waals surface area contributed by atoms with Gasteiger partial charge in [-0.2, -0.15) is 0 Å². The van der Waals surface area contributed by atoms with E-state index in [9.17, 15) is 4.79 Å². The Hall–Kier alpha value is -2.21. The number of anilines is 1. The number of carbonyl (C=O) groups is 1. The van der Waals surface area contributed by atoms with Crippen LogP contribution in [-0.4, -0.2) is 80.0 Å². The maximum absolute atomic E-state index is 12.3. The highest BCUT2D eigenvalue weighted by molar-refractivity contribution is 5.70. The molecule has 0 spiro atoms. The third-order valence-corrected chi connectivity index (χ3v) is 6.41. The zero-order chi connectivity index (χ0) is 21.1. The fourth-order valence-corrected chi connectivity index (χ4v) is 4.88. The minimum atomic E-state index is -0.194. The standard InChI is InChI=1S/C25H34N4O/c1-20-8-10-21(11-9-20)17-27-12-14-28(15-13-27)25(19-30)29-23(18-26(2)3)16-22-6-4-5-7-24(22)29/h4-11,19,23,25H,12-18H2,1-3H3/t23-,25?/m0/s1. The van der Waals surface area contributed by atoms with E-state index in [4.69, 9.17) is 0 Å². The molecular weight excluding hydrogens is 372 g/mol. The summed E-state index contributed by atoms with van der Waals surface area (Å²) in [7, 11) is 4.22. The van der Waals surface area contributed by atoms with Crippen LogP contribution < -0.4 is 4.90 Å². The minimum absolute atomic E-state index is 0.194. The van der Waals surface area contributed by atoms with Crippen LogP contribution in [0.25, 0.3) is 0 Å². The van der Waals surface area contributed by atoms with Crippen LogP contribution in [0, 0.1) is 6.92 Å². The van der Waals surface area contributed by atoms with Crippen molar-refractivity contribution in [3.63, 3.8) is 0 Å². The Morgan fingerprint density at radius 3 is 2.40 bits per heavy atom. The fourth-order valence-electron chi connectivity index (χ4n) is 4.88.